The molecule has 98 valence electrons. The lowest BCUT2D eigenvalue weighted by molar-refractivity contribution is -0.138. The van der Waals surface area contributed by atoms with Gasteiger partial charge in [-0.05, 0) is 25.0 Å². The lowest BCUT2D eigenvalue weighted by Crippen LogP contribution is -2.34. The second-order valence-corrected chi connectivity index (χ2v) is 4.16. The van der Waals surface area contributed by atoms with Crippen molar-refractivity contribution in [2.24, 2.45) is 0 Å². The second-order valence-electron chi connectivity index (χ2n) is 4.16. The average molecular weight is 253 g/mol. The fourth-order valence-electron chi connectivity index (χ4n) is 1.61. The first kappa shape index (κ1) is 14.2. The zero-order valence-corrected chi connectivity index (χ0v) is 10.1. The van der Waals surface area contributed by atoms with Gasteiger partial charge in [-0.2, -0.15) is 0 Å². The minimum Gasteiger partial charge on any atom is -0.481 e. The number of carbonyl (C=O) groups excluding carboxylic acids is 1. The predicted molar refractivity (Wildman–Crippen MR) is 64.6 cm³/mol. The van der Waals surface area contributed by atoms with E-state index in [1.54, 1.807) is 25.1 Å². The van der Waals surface area contributed by atoms with E-state index in [4.69, 9.17) is 5.11 Å². The fraction of sp³-hybridized carbons (Fsp3) is 0.385. The SMILES string of the molecule is CC(Cc1ccccc1F)NC(=O)CCC(=O)O. The van der Waals surface area contributed by atoms with Crippen molar-refractivity contribution in [3.05, 3.63) is 35.6 Å². The van der Waals surface area contributed by atoms with Crippen molar-refractivity contribution in [1.82, 2.24) is 5.32 Å². The summed E-state index contributed by atoms with van der Waals surface area (Å²) < 4.78 is 13.4. The molecule has 18 heavy (non-hydrogen) atoms. The molecule has 0 heterocycles. The standard InChI is InChI=1S/C13H16FNO3/c1-9(15-12(16)6-7-13(17)18)8-10-4-2-3-5-11(10)14/h2-5,9H,6-8H2,1H3,(H,15,16)(H,17,18). The number of hydrogen-bond donors (Lipinski definition) is 2. The summed E-state index contributed by atoms with van der Waals surface area (Å²) in [6.07, 6.45) is 0.126. The number of nitrogens with one attached hydrogen (secondary N) is 1. The summed E-state index contributed by atoms with van der Waals surface area (Å²) in [4.78, 5) is 21.7. The highest BCUT2D eigenvalue weighted by atomic mass is 19.1. The van der Waals surface area contributed by atoms with E-state index in [9.17, 15) is 14.0 Å². The van der Waals surface area contributed by atoms with Gasteiger partial charge in [0.25, 0.3) is 0 Å². The molecule has 0 aliphatic rings. The number of hydrogen-bond acceptors (Lipinski definition) is 2. The zero-order chi connectivity index (χ0) is 13.5. The highest BCUT2D eigenvalue weighted by Crippen LogP contribution is 2.09. The molecule has 5 heteroatoms. The highest BCUT2D eigenvalue weighted by Gasteiger charge is 2.11. The fourth-order valence-corrected chi connectivity index (χ4v) is 1.61. The van der Waals surface area contributed by atoms with Gasteiger partial charge in [-0.25, -0.2) is 4.39 Å². The lowest BCUT2D eigenvalue weighted by Gasteiger charge is -2.14. The Balaban J connectivity index is 2.42. The van der Waals surface area contributed by atoms with Gasteiger partial charge >= 0.3 is 5.97 Å². The topological polar surface area (TPSA) is 66.4 Å². The third-order valence-corrected chi connectivity index (χ3v) is 2.46. The van der Waals surface area contributed by atoms with Gasteiger partial charge in [0.1, 0.15) is 5.82 Å². The van der Waals surface area contributed by atoms with Crippen LogP contribution in [0.3, 0.4) is 0 Å². The summed E-state index contributed by atoms with van der Waals surface area (Å²) in [6.45, 7) is 1.76. The van der Waals surface area contributed by atoms with Crippen molar-refractivity contribution in [3.8, 4) is 0 Å². The molecule has 0 bridgehead atoms. The molecule has 0 aliphatic carbocycles. The van der Waals surface area contributed by atoms with E-state index in [-0.39, 0.29) is 30.6 Å². The van der Waals surface area contributed by atoms with Crippen molar-refractivity contribution < 1.29 is 19.1 Å². The Kier molecular flexibility index (Phi) is 5.30. The molecule has 0 saturated carbocycles. The number of aliphatic carboxylic acids is 1. The van der Waals surface area contributed by atoms with Gasteiger partial charge in [0.05, 0.1) is 6.42 Å². The van der Waals surface area contributed by atoms with Crippen LogP contribution < -0.4 is 5.32 Å². The summed E-state index contributed by atoms with van der Waals surface area (Å²) in [5, 5.41) is 11.1. The third kappa shape index (κ3) is 4.95. The minimum atomic E-state index is -1.01. The van der Waals surface area contributed by atoms with E-state index in [0.29, 0.717) is 12.0 Å². The first-order valence-electron chi connectivity index (χ1n) is 5.73. The first-order chi connectivity index (χ1) is 8.49. The van der Waals surface area contributed by atoms with Gasteiger partial charge in [-0.3, -0.25) is 9.59 Å². The number of halogens is 1. The van der Waals surface area contributed by atoms with Gasteiger partial charge in [-0.1, -0.05) is 18.2 Å². The van der Waals surface area contributed by atoms with E-state index in [0.717, 1.165) is 0 Å². The Bertz CT molecular complexity index is 434. The van der Waals surface area contributed by atoms with Crippen LogP contribution in [0.15, 0.2) is 24.3 Å². The van der Waals surface area contributed by atoms with Gasteiger partial charge in [0.2, 0.25) is 5.91 Å². The van der Waals surface area contributed by atoms with Gasteiger partial charge in [-0.15, -0.1) is 0 Å². The second kappa shape index (κ2) is 6.74. The normalized spacial score (nSPS) is 11.9. The zero-order valence-electron chi connectivity index (χ0n) is 10.1. The molecule has 1 unspecified atom stereocenters. The summed E-state index contributed by atoms with van der Waals surface area (Å²) in [5.74, 6) is -1.64. The van der Waals surface area contributed by atoms with E-state index >= 15 is 0 Å². The van der Waals surface area contributed by atoms with Crippen LogP contribution in [-0.2, 0) is 16.0 Å². The maximum Gasteiger partial charge on any atom is 0.303 e. The monoisotopic (exact) mass is 253 g/mol. The number of carbonyl (C=O) groups is 2. The number of carboxylic acids is 1. The van der Waals surface area contributed by atoms with Crippen molar-refractivity contribution in [1.29, 1.82) is 0 Å². The van der Waals surface area contributed by atoms with Crippen LogP contribution in [0.2, 0.25) is 0 Å². The van der Waals surface area contributed by atoms with E-state index < -0.39 is 5.97 Å². The van der Waals surface area contributed by atoms with Crippen LogP contribution in [0, 0.1) is 5.82 Å². The molecule has 0 aromatic heterocycles. The highest BCUT2D eigenvalue weighted by molar-refractivity contribution is 5.80. The Morgan fingerprint density at radius 2 is 2.00 bits per heavy atom. The Morgan fingerprint density at radius 3 is 2.61 bits per heavy atom. The molecule has 1 amide bonds. The third-order valence-electron chi connectivity index (χ3n) is 2.46. The van der Waals surface area contributed by atoms with Gasteiger partial charge < -0.3 is 10.4 Å². The van der Waals surface area contributed by atoms with E-state index in [1.807, 2.05) is 0 Å². The maximum absolute atomic E-state index is 13.4. The summed E-state index contributed by atoms with van der Waals surface area (Å²) >= 11 is 0. The molecule has 1 aromatic rings. The molecule has 1 rings (SSSR count). The first-order valence-corrected chi connectivity index (χ1v) is 5.73. The summed E-state index contributed by atoms with van der Waals surface area (Å²) in [6, 6.07) is 6.14. The largest absolute Gasteiger partial charge is 0.481 e. The molecule has 0 spiro atoms. The smallest absolute Gasteiger partial charge is 0.303 e. The van der Waals surface area contributed by atoms with E-state index in [1.165, 1.54) is 6.07 Å². The lowest BCUT2D eigenvalue weighted by atomic mass is 10.1. The van der Waals surface area contributed by atoms with Crippen LogP contribution in [-0.4, -0.2) is 23.0 Å². The van der Waals surface area contributed by atoms with Crippen LogP contribution in [0.5, 0.6) is 0 Å². The number of benzene rings is 1. The van der Waals surface area contributed by atoms with Gasteiger partial charge in [0, 0.05) is 12.5 Å². The maximum atomic E-state index is 13.4. The van der Waals surface area contributed by atoms with Crippen LogP contribution in [0.1, 0.15) is 25.3 Å². The predicted octanol–water partition coefficient (Wildman–Crippen LogP) is 1.74. The van der Waals surface area contributed by atoms with Crippen molar-refractivity contribution in [2.45, 2.75) is 32.2 Å². The van der Waals surface area contributed by atoms with Crippen LogP contribution in [0.4, 0.5) is 4.39 Å². The molecule has 4 nitrogen and oxygen atoms in total. The molecule has 1 aromatic carbocycles. The molecular weight excluding hydrogens is 237 g/mol. The van der Waals surface area contributed by atoms with Crippen LogP contribution >= 0.6 is 0 Å². The average Bonchev–Trinajstić information content (AvgIpc) is 2.29. The molecular formula is C13H16FNO3. The van der Waals surface area contributed by atoms with Gasteiger partial charge in [0.15, 0.2) is 0 Å². The molecule has 0 aliphatic heterocycles. The van der Waals surface area contributed by atoms with Crippen molar-refractivity contribution >= 4 is 11.9 Å². The molecule has 2 N–H and O–H groups in total. The Morgan fingerprint density at radius 1 is 1.33 bits per heavy atom. The summed E-state index contributed by atoms with van der Waals surface area (Å²) in [7, 11) is 0. The number of amides is 1. The molecule has 0 saturated heterocycles. The minimum absolute atomic E-state index is 0.0586. The summed E-state index contributed by atoms with van der Waals surface area (Å²) in [5.41, 5.74) is 0.531. The van der Waals surface area contributed by atoms with Crippen molar-refractivity contribution in [3.63, 3.8) is 0 Å². The quantitative estimate of drug-likeness (QED) is 0.811. The van der Waals surface area contributed by atoms with E-state index in [2.05, 4.69) is 5.32 Å². The molecule has 0 fully saturated rings. The van der Waals surface area contributed by atoms with Crippen molar-refractivity contribution in [2.75, 3.05) is 0 Å². The molecule has 1 atom stereocenters. The van der Waals surface area contributed by atoms with Crippen LogP contribution in [0.25, 0.3) is 0 Å². The Hall–Kier alpha value is -1.91. The Labute approximate surface area is 105 Å². The number of carboxylic acid groups (broad SMARTS) is 1. The number of rotatable bonds is 6. The molecule has 0 radical (unpaired) electrons.